The Morgan fingerprint density at radius 1 is 1.08 bits per heavy atom. The number of benzene rings is 1. The molecule has 1 aromatic carbocycles. The lowest BCUT2D eigenvalue weighted by Gasteiger charge is -2.36. The van der Waals surface area contributed by atoms with E-state index in [4.69, 9.17) is 18.6 Å². The number of carbonyl (C=O) groups is 3. The fourth-order valence-corrected chi connectivity index (χ4v) is 4.31. The third-order valence-corrected chi connectivity index (χ3v) is 6.12. The van der Waals surface area contributed by atoms with Crippen molar-refractivity contribution in [1.29, 1.82) is 0 Å². The van der Waals surface area contributed by atoms with Crippen LogP contribution in [0.5, 0.6) is 11.5 Å². The van der Waals surface area contributed by atoms with E-state index in [1.54, 1.807) is 42.2 Å². The Balaban J connectivity index is 1.48. The fourth-order valence-electron chi connectivity index (χ4n) is 4.31. The van der Waals surface area contributed by atoms with Gasteiger partial charge in [-0.05, 0) is 31.2 Å². The topological polar surface area (TPSA) is 123 Å². The number of hydrogen-bond acceptors (Lipinski definition) is 8. The lowest BCUT2D eigenvalue weighted by Crippen LogP contribution is -2.52. The molecule has 1 unspecified atom stereocenters. The maximum Gasteiger partial charge on any atom is 0.338 e. The Bertz CT molecular complexity index is 1120. The predicted octanol–water partition coefficient (Wildman–Crippen LogP) is 1.93. The Kier molecular flexibility index (Phi) is 7.79. The van der Waals surface area contributed by atoms with Crippen LogP contribution in [0.1, 0.15) is 29.1 Å². The molecule has 192 valence electrons. The molecule has 11 nitrogen and oxygen atoms in total. The number of urea groups is 1. The number of amides is 3. The molecule has 2 aliphatic rings. The summed E-state index contributed by atoms with van der Waals surface area (Å²) in [7, 11) is 3.08. The summed E-state index contributed by atoms with van der Waals surface area (Å²) in [6, 6.07) is 7.30. The van der Waals surface area contributed by atoms with E-state index in [9.17, 15) is 14.4 Å². The van der Waals surface area contributed by atoms with Gasteiger partial charge in [0.1, 0.15) is 23.3 Å². The highest BCUT2D eigenvalue weighted by Crippen LogP contribution is 2.29. The van der Waals surface area contributed by atoms with E-state index in [1.165, 1.54) is 20.5 Å². The van der Waals surface area contributed by atoms with Gasteiger partial charge in [0.2, 0.25) is 0 Å². The first-order chi connectivity index (χ1) is 17.4. The standard InChI is InChI=1S/C25H30N4O7/c1-4-35-24(31)21-19(26-25(32)27-22(21)20-6-5-11-36-20)15-28-7-9-29(10-8-28)23(30)16-12-17(33-2)14-18(13-16)34-3/h5-6,11-14,22H,4,7-10,15H2,1-3H3,(H2,26,27,32). The van der Waals surface area contributed by atoms with Gasteiger partial charge in [0.25, 0.3) is 5.91 Å². The smallest absolute Gasteiger partial charge is 0.338 e. The second-order valence-electron chi connectivity index (χ2n) is 8.33. The number of carbonyl (C=O) groups excluding carboxylic acids is 3. The first kappa shape index (κ1) is 25.1. The van der Waals surface area contributed by atoms with E-state index in [-0.39, 0.29) is 12.5 Å². The second-order valence-corrected chi connectivity index (χ2v) is 8.33. The second kappa shape index (κ2) is 11.2. The predicted molar refractivity (Wildman–Crippen MR) is 129 cm³/mol. The van der Waals surface area contributed by atoms with E-state index in [2.05, 4.69) is 15.5 Å². The first-order valence-electron chi connectivity index (χ1n) is 11.7. The van der Waals surface area contributed by atoms with Crippen molar-refractivity contribution >= 4 is 17.9 Å². The molecule has 0 spiro atoms. The molecule has 3 heterocycles. The highest BCUT2D eigenvalue weighted by atomic mass is 16.5. The summed E-state index contributed by atoms with van der Waals surface area (Å²) in [5.74, 6) is 0.883. The number of methoxy groups -OCH3 is 2. The van der Waals surface area contributed by atoms with Gasteiger partial charge in [-0.3, -0.25) is 9.69 Å². The van der Waals surface area contributed by atoms with Gasteiger partial charge in [-0.25, -0.2) is 9.59 Å². The minimum atomic E-state index is -0.756. The zero-order valence-corrected chi connectivity index (χ0v) is 20.5. The quantitative estimate of drug-likeness (QED) is 0.530. The van der Waals surface area contributed by atoms with Crippen LogP contribution < -0.4 is 20.1 Å². The van der Waals surface area contributed by atoms with Crippen molar-refractivity contribution in [1.82, 2.24) is 20.4 Å². The molecule has 3 amide bonds. The summed E-state index contributed by atoms with van der Waals surface area (Å²) in [4.78, 5) is 42.2. The van der Waals surface area contributed by atoms with Gasteiger partial charge < -0.3 is 34.2 Å². The van der Waals surface area contributed by atoms with Crippen molar-refractivity contribution in [3.05, 3.63) is 59.2 Å². The Morgan fingerprint density at radius 3 is 2.36 bits per heavy atom. The number of rotatable bonds is 8. The van der Waals surface area contributed by atoms with Gasteiger partial charge in [0, 0.05) is 50.1 Å². The lowest BCUT2D eigenvalue weighted by atomic mass is 9.99. The van der Waals surface area contributed by atoms with Gasteiger partial charge in [-0.1, -0.05) is 0 Å². The van der Waals surface area contributed by atoms with E-state index in [1.807, 2.05) is 0 Å². The molecule has 1 saturated heterocycles. The zero-order chi connectivity index (χ0) is 25.7. The summed E-state index contributed by atoms with van der Waals surface area (Å²) < 4.78 is 21.3. The number of esters is 1. The molecule has 2 aliphatic heterocycles. The first-order valence-corrected chi connectivity index (χ1v) is 11.7. The van der Waals surface area contributed by atoms with Gasteiger partial charge in [-0.2, -0.15) is 0 Å². The number of piperazine rings is 1. The van der Waals surface area contributed by atoms with Crippen molar-refractivity contribution in [2.24, 2.45) is 0 Å². The number of hydrogen-bond donors (Lipinski definition) is 2. The Labute approximate surface area is 209 Å². The van der Waals surface area contributed by atoms with Gasteiger partial charge in [0.15, 0.2) is 0 Å². The molecule has 1 aromatic heterocycles. The van der Waals surface area contributed by atoms with Crippen LogP contribution in [0, 0.1) is 0 Å². The van der Waals surface area contributed by atoms with Crippen LogP contribution in [0.25, 0.3) is 0 Å². The normalized spacial score (nSPS) is 18.4. The van der Waals surface area contributed by atoms with Gasteiger partial charge in [-0.15, -0.1) is 0 Å². The molecule has 0 bridgehead atoms. The highest BCUT2D eigenvalue weighted by Gasteiger charge is 2.36. The average molecular weight is 499 g/mol. The minimum Gasteiger partial charge on any atom is -0.497 e. The molecule has 2 N–H and O–H groups in total. The monoisotopic (exact) mass is 498 g/mol. The molecule has 0 radical (unpaired) electrons. The SMILES string of the molecule is CCOC(=O)C1=C(CN2CCN(C(=O)c3cc(OC)cc(OC)c3)CC2)NC(=O)NC1c1ccco1. The molecule has 11 heteroatoms. The minimum absolute atomic E-state index is 0.119. The lowest BCUT2D eigenvalue weighted by molar-refractivity contribution is -0.139. The molecule has 0 saturated carbocycles. The number of furan rings is 1. The highest BCUT2D eigenvalue weighted by molar-refractivity contribution is 5.96. The molecular formula is C25H30N4O7. The third-order valence-electron chi connectivity index (χ3n) is 6.12. The number of ether oxygens (including phenoxy) is 3. The maximum atomic E-state index is 13.1. The molecular weight excluding hydrogens is 468 g/mol. The molecule has 2 aromatic rings. The van der Waals surface area contributed by atoms with Crippen LogP contribution in [0.2, 0.25) is 0 Å². The Morgan fingerprint density at radius 2 is 1.78 bits per heavy atom. The molecule has 4 rings (SSSR count). The van der Waals surface area contributed by atoms with Crippen molar-refractivity contribution < 1.29 is 33.0 Å². The summed E-state index contributed by atoms with van der Waals surface area (Å²) in [5.41, 5.74) is 1.24. The maximum absolute atomic E-state index is 13.1. The summed E-state index contributed by atoms with van der Waals surface area (Å²) in [6.45, 7) is 4.31. The largest absolute Gasteiger partial charge is 0.497 e. The van der Waals surface area contributed by atoms with Crippen LogP contribution in [-0.2, 0) is 9.53 Å². The van der Waals surface area contributed by atoms with Crippen LogP contribution >= 0.6 is 0 Å². The van der Waals surface area contributed by atoms with E-state index in [0.717, 1.165) is 0 Å². The molecule has 1 atom stereocenters. The van der Waals surface area contributed by atoms with Crippen LogP contribution in [0.4, 0.5) is 4.79 Å². The van der Waals surface area contributed by atoms with Crippen LogP contribution in [0.15, 0.2) is 52.3 Å². The van der Waals surface area contributed by atoms with Crippen molar-refractivity contribution in [3.8, 4) is 11.5 Å². The van der Waals surface area contributed by atoms with E-state index < -0.39 is 18.0 Å². The van der Waals surface area contributed by atoms with Crippen molar-refractivity contribution in [2.75, 3.05) is 53.6 Å². The summed E-state index contributed by atoms with van der Waals surface area (Å²) in [6.07, 6.45) is 1.49. The average Bonchev–Trinajstić information content (AvgIpc) is 3.43. The van der Waals surface area contributed by atoms with Crippen LogP contribution in [0.3, 0.4) is 0 Å². The van der Waals surface area contributed by atoms with Crippen molar-refractivity contribution in [3.63, 3.8) is 0 Å². The molecule has 0 aliphatic carbocycles. The summed E-state index contributed by atoms with van der Waals surface area (Å²) >= 11 is 0. The van der Waals surface area contributed by atoms with Gasteiger partial charge >= 0.3 is 12.0 Å². The van der Waals surface area contributed by atoms with Gasteiger partial charge in [0.05, 0.1) is 32.7 Å². The third kappa shape index (κ3) is 5.46. The zero-order valence-electron chi connectivity index (χ0n) is 20.5. The number of nitrogens with zero attached hydrogens (tertiary/aromatic N) is 2. The number of nitrogens with one attached hydrogen (secondary N) is 2. The van der Waals surface area contributed by atoms with Crippen LogP contribution in [-0.4, -0.2) is 81.3 Å². The fraction of sp³-hybridized carbons (Fsp3) is 0.400. The molecule has 36 heavy (non-hydrogen) atoms. The molecule has 1 fully saturated rings. The summed E-state index contributed by atoms with van der Waals surface area (Å²) in [5, 5.41) is 5.51. The van der Waals surface area contributed by atoms with E-state index in [0.29, 0.717) is 66.8 Å². The van der Waals surface area contributed by atoms with E-state index >= 15 is 0 Å². The Hall–Kier alpha value is -3.99. The van der Waals surface area contributed by atoms with Crippen molar-refractivity contribution in [2.45, 2.75) is 13.0 Å².